The lowest BCUT2D eigenvalue weighted by Gasteiger charge is -2.32. The summed E-state index contributed by atoms with van der Waals surface area (Å²) in [6.07, 6.45) is 0. The number of halogens is 2. The fraction of sp³-hybridized carbons (Fsp3) is 0.455. The minimum Gasteiger partial charge on any atom is -0.507 e. The van der Waals surface area contributed by atoms with Gasteiger partial charge < -0.3 is 14.6 Å². The molecule has 0 saturated carbocycles. The van der Waals surface area contributed by atoms with Crippen LogP contribution in [0.25, 0.3) is 0 Å². The zero-order valence-electron chi connectivity index (χ0n) is 25.4. The van der Waals surface area contributed by atoms with Crippen LogP contribution in [0.1, 0.15) is 84.6 Å². The molecule has 0 fully saturated rings. The van der Waals surface area contributed by atoms with Gasteiger partial charge in [-0.2, -0.15) is 0 Å². The fourth-order valence-corrected chi connectivity index (χ4v) is 8.32. The Kier molecular flexibility index (Phi) is 9.04. The molecule has 0 bridgehead atoms. The van der Waals surface area contributed by atoms with E-state index in [9.17, 15) is 5.11 Å². The molecule has 3 aromatic carbocycles. The van der Waals surface area contributed by atoms with Gasteiger partial charge in [-0.25, -0.2) is 0 Å². The molecule has 6 heteroatoms. The van der Waals surface area contributed by atoms with Crippen molar-refractivity contribution in [3.8, 4) is 17.2 Å². The molecule has 212 valence electrons. The molecule has 0 saturated heterocycles. The zero-order valence-corrected chi connectivity index (χ0v) is 27.8. The quantitative estimate of drug-likeness (QED) is 0.303. The largest absolute Gasteiger partial charge is 0.507 e. The average molecular weight is 590 g/mol. The third-order valence-corrected chi connectivity index (χ3v) is 9.74. The monoisotopic (exact) mass is 588 g/mol. The second-order valence-corrected chi connectivity index (χ2v) is 16.3. The summed E-state index contributed by atoms with van der Waals surface area (Å²) < 4.78 is 12.3. The van der Waals surface area contributed by atoms with Crippen LogP contribution < -0.4 is 25.4 Å². The molecule has 0 aliphatic rings. The van der Waals surface area contributed by atoms with E-state index in [0.717, 1.165) is 49.7 Å². The summed E-state index contributed by atoms with van der Waals surface area (Å²) >= 11 is 13.6. The van der Waals surface area contributed by atoms with E-state index in [1.54, 1.807) is 14.2 Å². The van der Waals surface area contributed by atoms with Crippen LogP contribution in [0.3, 0.4) is 0 Å². The molecule has 0 atom stereocenters. The summed E-state index contributed by atoms with van der Waals surface area (Å²) in [5, 5.41) is 15.8. The smallest absolute Gasteiger partial charge is 0.131 e. The van der Waals surface area contributed by atoms with E-state index >= 15 is 0 Å². The summed E-state index contributed by atoms with van der Waals surface area (Å²) in [5.41, 5.74) is 3.22. The van der Waals surface area contributed by atoms with Crippen LogP contribution in [-0.4, -0.2) is 19.3 Å². The first-order chi connectivity index (χ1) is 17.8. The number of ether oxygens (including phenoxy) is 2. The van der Waals surface area contributed by atoms with Gasteiger partial charge in [0, 0.05) is 42.6 Å². The van der Waals surface area contributed by atoms with Gasteiger partial charge in [-0.15, -0.1) is 0 Å². The highest BCUT2D eigenvalue weighted by molar-refractivity contribution is 7.80. The number of phenols is 1. The Morgan fingerprint density at radius 2 is 0.974 bits per heavy atom. The van der Waals surface area contributed by atoms with Crippen LogP contribution in [0.4, 0.5) is 0 Å². The Morgan fingerprint density at radius 1 is 0.590 bits per heavy atom. The van der Waals surface area contributed by atoms with Crippen LogP contribution >= 0.6 is 31.1 Å². The van der Waals surface area contributed by atoms with E-state index in [1.165, 1.54) is 0 Å². The lowest BCUT2D eigenvalue weighted by atomic mass is 9.85. The van der Waals surface area contributed by atoms with Gasteiger partial charge in [0.05, 0.1) is 14.2 Å². The predicted molar refractivity (Wildman–Crippen MR) is 171 cm³/mol. The molecular weight excluding hydrogens is 546 g/mol. The summed E-state index contributed by atoms with van der Waals surface area (Å²) in [6, 6.07) is 12.0. The van der Waals surface area contributed by atoms with Gasteiger partial charge in [0.15, 0.2) is 0 Å². The van der Waals surface area contributed by atoms with Gasteiger partial charge in [-0.05, 0) is 67.0 Å². The topological polar surface area (TPSA) is 38.7 Å². The van der Waals surface area contributed by atoms with Crippen LogP contribution in [0, 0.1) is 6.92 Å². The van der Waals surface area contributed by atoms with Crippen molar-refractivity contribution in [3.05, 3.63) is 68.7 Å². The van der Waals surface area contributed by atoms with Gasteiger partial charge in [0.2, 0.25) is 0 Å². The molecule has 0 spiro atoms. The van der Waals surface area contributed by atoms with Gasteiger partial charge in [-0.3, -0.25) is 0 Å². The average Bonchev–Trinajstić information content (AvgIpc) is 2.78. The number of hydrogen-bond acceptors (Lipinski definition) is 3. The zero-order chi connectivity index (χ0) is 29.7. The maximum Gasteiger partial charge on any atom is 0.131 e. The number of aryl methyl sites for hydroxylation is 1. The molecule has 3 rings (SSSR count). The lowest BCUT2D eigenvalue weighted by molar-refractivity contribution is 0.400. The molecule has 1 N–H and O–H groups in total. The summed E-state index contributed by atoms with van der Waals surface area (Å²) in [6.45, 7) is 21.3. The first-order valence-corrected chi connectivity index (χ1v) is 15.3. The van der Waals surface area contributed by atoms with Gasteiger partial charge in [-0.1, -0.05) is 91.6 Å². The van der Waals surface area contributed by atoms with Crippen LogP contribution in [0.5, 0.6) is 17.2 Å². The third kappa shape index (κ3) is 6.53. The van der Waals surface area contributed by atoms with Crippen molar-refractivity contribution in [1.29, 1.82) is 0 Å². The molecule has 0 heterocycles. The third-order valence-electron chi connectivity index (χ3n) is 6.86. The number of aromatic hydroxyl groups is 1. The summed E-state index contributed by atoms with van der Waals surface area (Å²) in [4.78, 5) is 0. The van der Waals surface area contributed by atoms with Crippen molar-refractivity contribution in [1.82, 2.24) is 0 Å². The highest BCUT2D eigenvalue weighted by atomic mass is 35.5. The SMILES string of the molecule is COc1c(P(c2cc(C)cc(C(C)(C)C)c2O)c2cc(Cl)cc(C(C)(C)C)c2OC)cc(Cl)cc1C(C)(C)C. The molecule has 0 aromatic heterocycles. The van der Waals surface area contributed by atoms with Crippen LogP contribution in [0.15, 0.2) is 36.4 Å². The minimum atomic E-state index is -1.43. The first kappa shape index (κ1) is 31.6. The highest BCUT2D eigenvalue weighted by Crippen LogP contribution is 2.49. The van der Waals surface area contributed by atoms with E-state index in [0.29, 0.717) is 10.0 Å². The molecule has 3 aromatic rings. The van der Waals surface area contributed by atoms with Gasteiger partial charge in [0.25, 0.3) is 0 Å². The van der Waals surface area contributed by atoms with Gasteiger partial charge >= 0.3 is 0 Å². The van der Waals surface area contributed by atoms with Crippen molar-refractivity contribution >= 4 is 47.0 Å². The van der Waals surface area contributed by atoms with Crippen molar-refractivity contribution in [2.75, 3.05) is 14.2 Å². The van der Waals surface area contributed by atoms with E-state index in [-0.39, 0.29) is 22.0 Å². The number of hydrogen-bond donors (Lipinski definition) is 1. The molecule has 0 aliphatic heterocycles. The molecule has 3 nitrogen and oxygen atoms in total. The number of benzene rings is 3. The maximum absolute atomic E-state index is 11.9. The molecule has 0 amide bonds. The molecule has 0 unspecified atom stereocenters. The van der Waals surface area contributed by atoms with E-state index in [2.05, 4.69) is 81.4 Å². The standard InChI is InChI=1S/C33H43Cl2O3P/c1-19-13-22(31(2,3)4)28(36)25(14-19)39(26-17-20(34)15-23(29(26)37-11)32(5,6)7)27-18-21(35)16-24(30(27)38-12)33(8,9)10/h13-18,36H,1-12H3. The van der Waals surface area contributed by atoms with Crippen LogP contribution in [0.2, 0.25) is 10.0 Å². The second kappa shape index (κ2) is 11.2. The Morgan fingerprint density at radius 3 is 1.31 bits per heavy atom. The Labute approximate surface area is 246 Å². The fourth-order valence-electron chi connectivity index (χ4n) is 4.93. The highest BCUT2D eigenvalue weighted by Gasteiger charge is 2.34. The van der Waals surface area contributed by atoms with E-state index < -0.39 is 7.92 Å². The van der Waals surface area contributed by atoms with Crippen molar-refractivity contribution in [2.24, 2.45) is 0 Å². The van der Waals surface area contributed by atoms with Gasteiger partial charge in [0.1, 0.15) is 17.2 Å². The molecule has 0 radical (unpaired) electrons. The molecule has 39 heavy (non-hydrogen) atoms. The Bertz CT molecular complexity index is 1300. The molecular formula is C33H43Cl2O3P. The van der Waals surface area contributed by atoms with Crippen molar-refractivity contribution in [3.63, 3.8) is 0 Å². The Balaban J connectivity index is 2.63. The normalized spacial score (nSPS) is 12.7. The number of rotatable bonds is 5. The predicted octanol–water partition coefficient (Wildman–Crippen LogP) is 8.68. The minimum absolute atomic E-state index is 0.230. The molecule has 0 aliphatic carbocycles. The van der Waals surface area contributed by atoms with E-state index in [4.69, 9.17) is 32.7 Å². The maximum atomic E-state index is 11.9. The van der Waals surface area contributed by atoms with Crippen LogP contribution in [-0.2, 0) is 16.2 Å². The second-order valence-electron chi connectivity index (χ2n) is 13.3. The summed E-state index contributed by atoms with van der Waals surface area (Å²) in [7, 11) is 1.97. The van der Waals surface area contributed by atoms with E-state index in [1.807, 2.05) is 24.3 Å². The Hall–Kier alpha value is -1.93. The lowest BCUT2D eigenvalue weighted by Crippen LogP contribution is -2.29. The van der Waals surface area contributed by atoms with Crippen molar-refractivity contribution < 1.29 is 14.6 Å². The first-order valence-electron chi connectivity index (χ1n) is 13.2. The number of methoxy groups -OCH3 is 2. The summed E-state index contributed by atoms with van der Waals surface area (Å²) in [5.74, 6) is 1.80. The van der Waals surface area contributed by atoms with Crippen molar-refractivity contribution in [2.45, 2.75) is 85.5 Å². The number of phenolic OH excluding ortho intramolecular Hbond substituents is 1.